The van der Waals surface area contributed by atoms with Gasteiger partial charge >= 0.3 is 0 Å². The lowest BCUT2D eigenvalue weighted by Gasteiger charge is -2.19. The minimum Gasteiger partial charge on any atom is -0.391 e. The van der Waals surface area contributed by atoms with E-state index in [2.05, 4.69) is 20.2 Å². The fourth-order valence-corrected chi connectivity index (χ4v) is 2.68. The van der Waals surface area contributed by atoms with Crippen LogP contribution in [0.5, 0.6) is 0 Å². The zero-order valence-electron chi connectivity index (χ0n) is 8.94. The molecule has 3 heterocycles. The van der Waals surface area contributed by atoms with Crippen molar-refractivity contribution in [3.05, 3.63) is 16.7 Å². The Morgan fingerprint density at radius 1 is 1.38 bits per heavy atom. The van der Waals surface area contributed by atoms with Crippen LogP contribution >= 0.6 is 0 Å². The Balaban J connectivity index is 1.89. The van der Waals surface area contributed by atoms with Crippen LogP contribution in [0.3, 0.4) is 0 Å². The van der Waals surface area contributed by atoms with E-state index in [9.17, 15) is 4.79 Å². The minimum absolute atomic E-state index is 0.232. The number of nitrogens with one attached hydrogen (secondary N) is 2. The van der Waals surface area contributed by atoms with Crippen molar-refractivity contribution in [2.45, 2.75) is 0 Å². The van der Waals surface area contributed by atoms with Crippen molar-refractivity contribution in [2.75, 3.05) is 36.8 Å². The summed E-state index contributed by atoms with van der Waals surface area (Å²) < 4.78 is 0. The highest BCUT2D eigenvalue weighted by atomic mass is 16.1. The zero-order valence-corrected chi connectivity index (χ0v) is 8.94. The second kappa shape index (κ2) is 3.48. The number of anilines is 2. The molecule has 0 saturated carbocycles. The summed E-state index contributed by atoms with van der Waals surface area (Å²) >= 11 is 0. The number of H-pyrrole nitrogens is 1. The molecule has 2 atom stereocenters. The summed E-state index contributed by atoms with van der Waals surface area (Å²) in [4.78, 5) is 20.2. The number of nitrogens with two attached hydrogens (primary N) is 1. The average Bonchev–Trinajstić information content (AvgIpc) is 2.81. The van der Waals surface area contributed by atoms with Gasteiger partial charge in [0.2, 0.25) is 0 Å². The van der Waals surface area contributed by atoms with E-state index in [0.29, 0.717) is 17.7 Å². The van der Waals surface area contributed by atoms with Gasteiger partial charge in [-0.1, -0.05) is 0 Å². The highest BCUT2D eigenvalue weighted by Gasteiger charge is 2.37. The maximum Gasteiger partial charge on any atom is 0.276 e. The molecule has 2 saturated heterocycles. The third-order valence-electron chi connectivity index (χ3n) is 3.56. The Kier molecular flexibility index (Phi) is 2.10. The lowest BCUT2D eigenvalue weighted by Crippen LogP contribution is -2.29. The van der Waals surface area contributed by atoms with Crippen molar-refractivity contribution in [1.29, 1.82) is 0 Å². The normalized spacial score (nSPS) is 28.4. The third-order valence-corrected chi connectivity index (χ3v) is 3.56. The first kappa shape index (κ1) is 9.65. The largest absolute Gasteiger partial charge is 0.391 e. The summed E-state index contributed by atoms with van der Waals surface area (Å²) in [6.07, 6.45) is 1.42. The number of hydrogen-bond acceptors (Lipinski definition) is 5. The number of hydrogen-bond donors (Lipinski definition) is 3. The van der Waals surface area contributed by atoms with Crippen LogP contribution in [0, 0.1) is 11.8 Å². The van der Waals surface area contributed by atoms with Crippen molar-refractivity contribution >= 4 is 11.5 Å². The molecule has 3 rings (SSSR count). The molecule has 0 aromatic carbocycles. The number of nitrogens with zero attached hydrogens (tertiary/aromatic N) is 2. The van der Waals surface area contributed by atoms with Crippen LogP contribution in [0.25, 0.3) is 0 Å². The molecule has 0 aliphatic carbocycles. The van der Waals surface area contributed by atoms with Gasteiger partial charge in [0.1, 0.15) is 5.69 Å². The molecule has 0 unspecified atom stereocenters. The van der Waals surface area contributed by atoms with Crippen LogP contribution in [-0.4, -0.2) is 36.1 Å². The van der Waals surface area contributed by atoms with E-state index in [1.54, 1.807) is 0 Å². The predicted octanol–water partition coefficient (Wildman–Crippen LogP) is -0.992. The van der Waals surface area contributed by atoms with Gasteiger partial charge in [0.25, 0.3) is 5.56 Å². The molecule has 1 aromatic rings. The van der Waals surface area contributed by atoms with Gasteiger partial charge in [0, 0.05) is 26.2 Å². The van der Waals surface area contributed by atoms with Crippen molar-refractivity contribution in [2.24, 2.45) is 11.8 Å². The molecule has 2 aliphatic heterocycles. The summed E-state index contributed by atoms with van der Waals surface area (Å²) in [6.45, 7) is 4.01. The van der Waals surface area contributed by atoms with Crippen LogP contribution < -0.4 is 21.5 Å². The van der Waals surface area contributed by atoms with Crippen LogP contribution in [0.15, 0.2) is 11.1 Å². The van der Waals surface area contributed by atoms with E-state index in [1.807, 2.05) is 0 Å². The Hall–Kier alpha value is -1.56. The van der Waals surface area contributed by atoms with Gasteiger partial charge in [-0.3, -0.25) is 4.79 Å². The van der Waals surface area contributed by atoms with Gasteiger partial charge in [0.15, 0.2) is 5.82 Å². The standard InChI is InChI=1S/C10H15N5O/c11-8-9(13-5-14-10(8)16)15-3-6-1-12-2-7(6)4-15/h5-7,12H,1-4,11H2,(H,13,14,16)/t6-,7+. The van der Waals surface area contributed by atoms with Gasteiger partial charge in [-0.05, 0) is 11.8 Å². The number of nitrogen functional groups attached to an aromatic ring is 1. The van der Waals surface area contributed by atoms with Crippen molar-refractivity contribution < 1.29 is 0 Å². The molecule has 0 bridgehead atoms. The third kappa shape index (κ3) is 1.37. The van der Waals surface area contributed by atoms with Crippen LogP contribution in [0.2, 0.25) is 0 Å². The van der Waals surface area contributed by atoms with Crippen molar-refractivity contribution in [3.8, 4) is 0 Å². The minimum atomic E-state index is -0.250. The number of aromatic nitrogens is 2. The molecular formula is C10H15N5O. The fourth-order valence-electron chi connectivity index (χ4n) is 2.68. The van der Waals surface area contributed by atoms with E-state index in [1.165, 1.54) is 6.33 Å². The number of aromatic amines is 1. The predicted molar refractivity (Wildman–Crippen MR) is 61.3 cm³/mol. The van der Waals surface area contributed by atoms with Gasteiger partial charge in [0.05, 0.1) is 6.33 Å². The van der Waals surface area contributed by atoms with E-state index in [4.69, 9.17) is 5.73 Å². The van der Waals surface area contributed by atoms with E-state index < -0.39 is 0 Å². The monoisotopic (exact) mass is 221 g/mol. The Bertz CT molecular complexity index is 445. The summed E-state index contributed by atoms with van der Waals surface area (Å²) in [5.41, 5.74) is 5.73. The molecule has 86 valence electrons. The lowest BCUT2D eigenvalue weighted by molar-refractivity contribution is 0.533. The van der Waals surface area contributed by atoms with Crippen molar-refractivity contribution in [1.82, 2.24) is 15.3 Å². The summed E-state index contributed by atoms with van der Waals surface area (Å²) in [5, 5.41) is 3.38. The first-order valence-electron chi connectivity index (χ1n) is 5.54. The Labute approximate surface area is 92.9 Å². The van der Waals surface area contributed by atoms with Crippen LogP contribution in [0.1, 0.15) is 0 Å². The highest BCUT2D eigenvalue weighted by Crippen LogP contribution is 2.30. The van der Waals surface area contributed by atoms with Crippen molar-refractivity contribution in [3.63, 3.8) is 0 Å². The summed E-state index contributed by atoms with van der Waals surface area (Å²) in [6, 6.07) is 0. The Morgan fingerprint density at radius 2 is 2.06 bits per heavy atom. The maximum absolute atomic E-state index is 11.4. The molecule has 4 N–H and O–H groups in total. The zero-order chi connectivity index (χ0) is 11.1. The second-order valence-electron chi connectivity index (χ2n) is 4.55. The lowest BCUT2D eigenvalue weighted by atomic mass is 10.0. The topological polar surface area (TPSA) is 87.0 Å². The number of rotatable bonds is 1. The molecule has 2 fully saturated rings. The summed E-state index contributed by atoms with van der Waals surface area (Å²) in [7, 11) is 0. The van der Waals surface area contributed by atoms with Gasteiger partial charge < -0.3 is 20.9 Å². The van der Waals surface area contributed by atoms with E-state index >= 15 is 0 Å². The SMILES string of the molecule is Nc1c(N2C[C@H]3CNC[C@H]3C2)nc[nH]c1=O. The molecule has 2 aliphatic rings. The average molecular weight is 221 g/mol. The van der Waals surface area contributed by atoms with Crippen LogP contribution in [0.4, 0.5) is 11.5 Å². The molecule has 6 nitrogen and oxygen atoms in total. The van der Waals surface area contributed by atoms with E-state index in [-0.39, 0.29) is 11.2 Å². The molecule has 6 heteroatoms. The molecule has 16 heavy (non-hydrogen) atoms. The van der Waals surface area contributed by atoms with Gasteiger partial charge in [-0.25, -0.2) is 4.98 Å². The second-order valence-corrected chi connectivity index (χ2v) is 4.55. The molecule has 0 radical (unpaired) electrons. The molecule has 0 spiro atoms. The van der Waals surface area contributed by atoms with Gasteiger partial charge in [-0.15, -0.1) is 0 Å². The Morgan fingerprint density at radius 3 is 2.75 bits per heavy atom. The first-order chi connectivity index (χ1) is 7.75. The fraction of sp³-hybridized carbons (Fsp3) is 0.600. The molecular weight excluding hydrogens is 206 g/mol. The van der Waals surface area contributed by atoms with Crippen LogP contribution in [-0.2, 0) is 0 Å². The molecule has 1 aromatic heterocycles. The quantitative estimate of drug-likeness (QED) is 0.566. The number of fused-ring (bicyclic) bond motifs is 1. The maximum atomic E-state index is 11.4. The summed E-state index contributed by atoms with van der Waals surface area (Å²) in [5.74, 6) is 1.97. The van der Waals surface area contributed by atoms with E-state index in [0.717, 1.165) is 26.2 Å². The highest BCUT2D eigenvalue weighted by molar-refractivity contribution is 5.61. The molecule has 0 amide bonds. The van der Waals surface area contributed by atoms with Gasteiger partial charge in [-0.2, -0.15) is 0 Å². The smallest absolute Gasteiger partial charge is 0.276 e. The first-order valence-corrected chi connectivity index (χ1v) is 5.54.